The third kappa shape index (κ3) is 3.59. The molecule has 142 valence electrons. The Morgan fingerprint density at radius 3 is 2.59 bits per heavy atom. The highest BCUT2D eigenvalue weighted by molar-refractivity contribution is 6.05. The van der Waals surface area contributed by atoms with Crippen LogP contribution >= 0.6 is 0 Å². The number of aromatic nitrogens is 2. The van der Waals surface area contributed by atoms with E-state index in [1.165, 1.54) is 0 Å². The number of rotatable bonds is 4. The number of benzene rings is 3. The van der Waals surface area contributed by atoms with Gasteiger partial charge in [0.05, 0.1) is 35.5 Å². The van der Waals surface area contributed by atoms with Gasteiger partial charge in [0.2, 0.25) is 0 Å². The maximum absolute atomic E-state index is 12.4. The minimum absolute atomic E-state index is 0.247. The molecule has 7 nitrogen and oxygen atoms in total. The molecule has 0 saturated heterocycles. The number of anilines is 2. The highest BCUT2D eigenvalue weighted by Gasteiger charge is 2.10. The van der Waals surface area contributed by atoms with Crippen LogP contribution in [0.2, 0.25) is 0 Å². The van der Waals surface area contributed by atoms with E-state index in [0.29, 0.717) is 34.7 Å². The Hall–Kier alpha value is -4.31. The molecule has 1 aromatic heterocycles. The van der Waals surface area contributed by atoms with Gasteiger partial charge in [-0.1, -0.05) is 30.3 Å². The highest BCUT2D eigenvalue weighted by Crippen LogP contribution is 2.20. The summed E-state index contributed by atoms with van der Waals surface area (Å²) in [6.45, 7) is 7.43. The molecule has 0 aliphatic heterocycles. The summed E-state index contributed by atoms with van der Waals surface area (Å²) < 4.78 is 1.60. The number of fused-ring (bicyclic) bond motifs is 1. The molecule has 0 bridgehead atoms. The van der Waals surface area contributed by atoms with Crippen molar-refractivity contribution in [1.29, 1.82) is 0 Å². The van der Waals surface area contributed by atoms with E-state index in [4.69, 9.17) is 12.3 Å². The van der Waals surface area contributed by atoms with Crippen molar-refractivity contribution >= 4 is 34.0 Å². The van der Waals surface area contributed by atoms with E-state index in [9.17, 15) is 9.59 Å². The minimum atomic E-state index is -0.259. The molecule has 29 heavy (non-hydrogen) atoms. The van der Waals surface area contributed by atoms with Crippen LogP contribution in [0.25, 0.3) is 15.9 Å². The summed E-state index contributed by atoms with van der Waals surface area (Å²) in [6, 6.07) is 19.2. The van der Waals surface area contributed by atoms with Crippen molar-refractivity contribution in [2.45, 2.75) is 6.54 Å². The second-order valence-electron chi connectivity index (χ2n) is 6.57. The number of nitrogens with zero attached hydrogens (tertiary/aromatic N) is 2. The normalized spacial score (nSPS) is 10.6. The summed E-state index contributed by atoms with van der Waals surface area (Å²) in [4.78, 5) is 30.9. The zero-order chi connectivity index (χ0) is 20.4. The number of carbonyl (C=O) groups excluding carboxylic acids is 1. The fraction of sp³-hybridized carbons (Fsp3) is 0.0455. The molecule has 0 atom stereocenters. The van der Waals surface area contributed by atoms with E-state index in [0.717, 1.165) is 11.1 Å². The molecule has 0 radical (unpaired) electrons. The second kappa shape index (κ2) is 7.37. The van der Waals surface area contributed by atoms with Crippen LogP contribution < -0.4 is 16.7 Å². The summed E-state index contributed by atoms with van der Waals surface area (Å²) in [5.74, 6) is -0.259. The van der Waals surface area contributed by atoms with Crippen LogP contribution in [0.15, 0.2) is 71.5 Å². The molecule has 0 aliphatic rings. The van der Waals surface area contributed by atoms with Crippen molar-refractivity contribution in [3.63, 3.8) is 0 Å². The topological polar surface area (TPSA) is 97.3 Å². The Bertz CT molecular complexity index is 1310. The van der Waals surface area contributed by atoms with E-state index >= 15 is 0 Å². The maximum Gasteiger partial charge on any atom is 0.326 e. The summed E-state index contributed by atoms with van der Waals surface area (Å²) in [7, 11) is 0. The number of hydrogen-bond donors (Lipinski definition) is 3. The van der Waals surface area contributed by atoms with Gasteiger partial charge < -0.3 is 16.0 Å². The molecule has 1 amide bonds. The van der Waals surface area contributed by atoms with Crippen molar-refractivity contribution in [3.8, 4) is 0 Å². The molecular weight excluding hydrogens is 366 g/mol. The smallest absolute Gasteiger partial charge is 0.326 e. The Labute approximate surface area is 166 Å². The number of carbonyl (C=O) groups is 1. The van der Waals surface area contributed by atoms with Crippen molar-refractivity contribution in [3.05, 3.63) is 99.8 Å². The number of H-pyrrole nitrogens is 1. The van der Waals surface area contributed by atoms with E-state index in [1.54, 1.807) is 59.2 Å². The number of amides is 1. The lowest BCUT2D eigenvalue weighted by atomic mass is 10.1. The number of hydrogen-bond acceptors (Lipinski definition) is 3. The standard InChI is InChI=1S/C22H17N5O2/c1-24-16-10-11-20-19(12-16)26-22(29)27(20)13-14-6-8-15(9-7-14)21(28)25-18-5-3-2-4-17(18)23/h2-12H,13,23H2,(H,25,28)(H,26,29). The van der Waals surface area contributed by atoms with Gasteiger partial charge in [0, 0.05) is 5.56 Å². The van der Waals surface area contributed by atoms with Crippen LogP contribution in [0.5, 0.6) is 0 Å². The average Bonchev–Trinajstić information content (AvgIpc) is 3.04. The maximum atomic E-state index is 12.4. The number of imidazole rings is 1. The van der Waals surface area contributed by atoms with Crippen molar-refractivity contribution in [2.24, 2.45) is 0 Å². The van der Waals surface area contributed by atoms with Crippen molar-refractivity contribution < 1.29 is 4.79 Å². The number of nitrogens with two attached hydrogens (primary N) is 1. The van der Waals surface area contributed by atoms with Crippen LogP contribution in [-0.2, 0) is 6.54 Å². The SMILES string of the molecule is [C-]#[N+]c1ccc2c(c1)[nH]c(=O)n2Cc1ccc(C(=O)Nc2ccccc2N)cc1. The fourth-order valence-corrected chi connectivity index (χ4v) is 3.13. The van der Waals surface area contributed by atoms with Crippen molar-refractivity contribution in [1.82, 2.24) is 9.55 Å². The molecule has 1 heterocycles. The van der Waals surface area contributed by atoms with Crippen molar-refractivity contribution in [2.75, 3.05) is 11.1 Å². The zero-order valence-electron chi connectivity index (χ0n) is 15.3. The molecule has 7 heteroatoms. The van der Waals surface area contributed by atoms with Gasteiger partial charge in [-0.2, -0.15) is 0 Å². The molecule has 0 saturated carbocycles. The lowest BCUT2D eigenvalue weighted by Gasteiger charge is -2.09. The lowest BCUT2D eigenvalue weighted by molar-refractivity contribution is 0.102. The number of aromatic amines is 1. The molecule has 0 spiro atoms. The van der Waals surface area contributed by atoms with E-state index in [-0.39, 0.29) is 11.6 Å². The zero-order valence-corrected chi connectivity index (χ0v) is 15.3. The van der Waals surface area contributed by atoms with Crippen LogP contribution in [-0.4, -0.2) is 15.5 Å². The minimum Gasteiger partial charge on any atom is -0.397 e. The molecule has 4 rings (SSSR count). The molecule has 4 aromatic rings. The third-order valence-corrected chi connectivity index (χ3v) is 4.65. The first-order chi connectivity index (χ1) is 14.0. The van der Waals surface area contributed by atoms with Crippen LogP contribution in [0.4, 0.5) is 17.1 Å². The highest BCUT2D eigenvalue weighted by atomic mass is 16.2. The molecule has 3 aromatic carbocycles. The molecule has 0 aliphatic carbocycles. The average molecular weight is 383 g/mol. The summed E-state index contributed by atoms with van der Waals surface area (Å²) in [5, 5.41) is 2.79. The second-order valence-corrected chi connectivity index (χ2v) is 6.57. The van der Waals surface area contributed by atoms with E-state index in [2.05, 4.69) is 15.1 Å². The van der Waals surface area contributed by atoms with Crippen LogP contribution in [0.1, 0.15) is 15.9 Å². The van der Waals surface area contributed by atoms with Gasteiger partial charge in [-0.05, 0) is 42.0 Å². The largest absolute Gasteiger partial charge is 0.397 e. The van der Waals surface area contributed by atoms with E-state index in [1.807, 2.05) is 12.1 Å². The Balaban J connectivity index is 1.55. The van der Waals surface area contributed by atoms with E-state index < -0.39 is 0 Å². The van der Waals surface area contributed by atoms with Gasteiger partial charge in [0.15, 0.2) is 5.69 Å². The molecule has 0 unspecified atom stereocenters. The van der Waals surface area contributed by atoms with Gasteiger partial charge in [-0.25, -0.2) is 9.64 Å². The van der Waals surface area contributed by atoms with Crippen LogP contribution in [0.3, 0.4) is 0 Å². The predicted molar refractivity (Wildman–Crippen MR) is 113 cm³/mol. The summed E-state index contributed by atoms with van der Waals surface area (Å²) >= 11 is 0. The fourth-order valence-electron chi connectivity index (χ4n) is 3.13. The number of nitrogens with one attached hydrogen (secondary N) is 2. The first-order valence-corrected chi connectivity index (χ1v) is 8.90. The van der Waals surface area contributed by atoms with Gasteiger partial charge >= 0.3 is 5.69 Å². The molecule has 4 N–H and O–H groups in total. The molecule has 0 fully saturated rings. The predicted octanol–water partition coefficient (Wildman–Crippen LogP) is 3.76. The summed E-state index contributed by atoms with van der Waals surface area (Å²) in [5.41, 5.74) is 9.86. The number of nitrogen functional groups attached to an aromatic ring is 1. The first kappa shape index (κ1) is 18.1. The number of para-hydroxylation sites is 2. The third-order valence-electron chi connectivity index (χ3n) is 4.65. The van der Waals surface area contributed by atoms with Gasteiger partial charge in [-0.3, -0.25) is 9.36 Å². The Morgan fingerprint density at radius 1 is 1.10 bits per heavy atom. The van der Waals surface area contributed by atoms with Gasteiger partial charge in [0.25, 0.3) is 5.91 Å². The monoisotopic (exact) mass is 383 g/mol. The van der Waals surface area contributed by atoms with Crippen LogP contribution in [0, 0.1) is 6.57 Å². The quantitative estimate of drug-likeness (QED) is 0.370. The Kier molecular flexibility index (Phi) is 4.59. The van der Waals surface area contributed by atoms with Gasteiger partial charge in [0.1, 0.15) is 0 Å². The van der Waals surface area contributed by atoms with Gasteiger partial charge in [-0.15, -0.1) is 0 Å². The first-order valence-electron chi connectivity index (χ1n) is 8.90. The summed E-state index contributed by atoms with van der Waals surface area (Å²) in [6.07, 6.45) is 0. The Morgan fingerprint density at radius 2 is 1.86 bits per heavy atom. The molecular formula is C22H17N5O2. The lowest BCUT2D eigenvalue weighted by Crippen LogP contribution is -2.17.